The molecule has 2 aromatic rings. The molecule has 0 spiro atoms. The Morgan fingerprint density at radius 1 is 1.11 bits per heavy atom. The van der Waals surface area contributed by atoms with E-state index in [0.29, 0.717) is 15.1 Å². The number of hydrogen-bond donors (Lipinski definition) is 1. The minimum atomic E-state index is -1.20. The van der Waals surface area contributed by atoms with Gasteiger partial charge in [0.2, 0.25) is 0 Å². The van der Waals surface area contributed by atoms with E-state index < -0.39 is 17.7 Å². The molecule has 2 aromatic carbocycles. The molecular formula is C14H10BrClF2O. The van der Waals surface area contributed by atoms with Gasteiger partial charge in [0.05, 0.1) is 0 Å². The maximum Gasteiger partial charge on any atom is 0.132 e. The molecule has 100 valence electrons. The van der Waals surface area contributed by atoms with Crippen LogP contribution in [0.3, 0.4) is 0 Å². The van der Waals surface area contributed by atoms with Gasteiger partial charge in [-0.15, -0.1) is 0 Å². The van der Waals surface area contributed by atoms with Crippen molar-refractivity contribution in [3.05, 3.63) is 68.2 Å². The van der Waals surface area contributed by atoms with E-state index >= 15 is 0 Å². The van der Waals surface area contributed by atoms with Gasteiger partial charge in [-0.2, -0.15) is 0 Å². The van der Waals surface area contributed by atoms with Crippen molar-refractivity contribution in [2.45, 2.75) is 13.0 Å². The number of rotatable bonds is 2. The molecule has 1 unspecified atom stereocenters. The average molecular weight is 348 g/mol. The lowest BCUT2D eigenvalue weighted by Crippen LogP contribution is -2.04. The van der Waals surface area contributed by atoms with Crippen LogP contribution in [0.1, 0.15) is 22.8 Å². The normalized spacial score (nSPS) is 12.5. The third kappa shape index (κ3) is 3.14. The molecule has 1 atom stereocenters. The van der Waals surface area contributed by atoms with Gasteiger partial charge in [0.1, 0.15) is 17.7 Å². The highest BCUT2D eigenvalue weighted by Gasteiger charge is 2.18. The van der Waals surface area contributed by atoms with Gasteiger partial charge in [0.15, 0.2) is 0 Å². The zero-order valence-corrected chi connectivity index (χ0v) is 12.3. The summed E-state index contributed by atoms with van der Waals surface area (Å²) < 4.78 is 27.6. The second kappa shape index (κ2) is 5.57. The Kier molecular flexibility index (Phi) is 4.23. The van der Waals surface area contributed by atoms with Crippen LogP contribution >= 0.6 is 27.5 Å². The molecule has 0 saturated carbocycles. The first kappa shape index (κ1) is 14.4. The fraction of sp³-hybridized carbons (Fsp3) is 0.143. The second-order valence-corrected chi connectivity index (χ2v) is 5.58. The number of halogens is 4. The predicted molar refractivity (Wildman–Crippen MR) is 74.3 cm³/mol. The molecule has 0 aliphatic heterocycles. The average Bonchev–Trinajstić information content (AvgIpc) is 2.31. The summed E-state index contributed by atoms with van der Waals surface area (Å²) in [4.78, 5) is 0. The molecule has 0 amide bonds. The quantitative estimate of drug-likeness (QED) is 0.829. The van der Waals surface area contributed by atoms with Gasteiger partial charge >= 0.3 is 0 Å². The van der Waals surface area contributed by atoms with Crippen LogP contribution < -0.4 is 0 Å². The van der Waals surface area contributed by atoms with Crippen molar-refractivity contribution in [1.82, 2.24) is 0 Å². The smallest absolute Gasteiger partial charge is 0.132 e. The zero-order chi connectivity index (χ0) is 14.2. The number of aryl methyl sites for hydroxylation is 1. The molecule has 0 heterocycles. The minimum absolute atomic E-state index is 0.0214. The first-order valence-corrected chi connectivity index (χ1v) is 6.65. The van der Waals surface area contributed by atoms with Gasteiger partial charge in [-0.3, -0.25) is 0 Å². The van der Waals surface area contributed by atoms with E-state index in [0.717, 1.165) is 6.07 Å². The fourth-order valence-electron chi connectivity index (χ4n) is 1.80. The summed E-state index contributed by atoms with van der Waals surface area (Å²) in [5.74, 6) is -1.42. The molecule has 0 aliphatic rings. The van der Waals surface area contributed by atoms with Crippen LogP contribution in [0.25, 0.3) is 0 Å². The second-order valence-electron chi connectivity index (χ2n) is 4.23. The lowest BCUT2D eigenvalue weighted by molar-refractivity contribution is 0.214. The van der Waals surface area contributed by atoms with Crippen LogP contribution in [0, 0.1) is 18.6 Å². The summed E-state index contributed by atoms with van der Waals surface area (Å²) in [7, 11) is 0. The van der Waals surface area contributed by atoms with E-state index in [-0.39, 0.29) is 11.1 Å². The third-order valence-electron chi connectivity index (χ3n) is 2.77. The Morgan fingerprint density at radius 2 is 1.79 bits per heavy atom. The number of hydrogen-bond acceptors (Lipinski definition) is 1. The van der Waals surface area contributed by atoms with Crippen LogP contribution in [-0.4, -0.2) is 5.11 Å². The largest absolute Gasteiger partial charge is 0.384 e. The maximum atomic E-state index is 13.7. The van der Waals surface area contributed by atoms with E-state index in [1.165, 1.54) is 19.1 Å². The Labute approximate surface area is 123 Å². The van der Waals surface area contributed by atoms with E-state index in [9.17, 15) is 13.9 Å². The van der Waals surface area contributed by atoms with Crippen molar-refractivity contribution in [1.29, 1.82) is 0 Å². The lowest BCUT2D eigenvalue weighted by Gasteiger charge is -2.14. The van der Waals surface area contributed by atoms with Crippen molar-refractivity contribution < 1.29 is 13.9 Å². The lowest BCUT2D eigenvalue weighted by atomic mass is 9.99. The fourth-order valence-corrected chi connectivity index (χ4v) is 2.69. The number of benzene rings is 2. The van der Waals surface area contributed by atoms with Gasteiger partial charge in [-0.05, 0) is 42.3 Å². The first-order chi connectivity index (χ1) is 8.88. The standard InChI is InChI=1S/C14H10BrClF2O/c1-7-2-11(13(18)6-12(7)17)14(19)8-3-9(15)5-10(16)4-8/h2-6,14,19H,1H3. The van der Waals surface area contributed by atoms with E-state index in [2.05, 4.69) is 15.9 Å². The molecule has 0 fully saturated rings. The predicted octanol–water partition coefficient (Wildman–Crippen LogP) is 4.77. The van der Waals surface area contributed by atoms with Gasteiger partial charge < -0.3 is 5.11 Å². The van der Waals surface area contributed by atoms with Crippen LogP contribution in [-0.2, 0) is 0 Å². The van der Waals surface area contributed by atoms with Gasteiger partial charge in [-0.1, -0.05) is 27.5 Å². The molecule has 0 bridgehead atoms. The minimum Gasteiger partial charge on any atom is -0.384 e. The summed E-state index contributed by atoms with van der Waals surface area (Å²) in [6.07, 6.45) is -1.20. The molecule has 0 radical (unpaired) electrons. The van der Waals surface area contributed by atoms with Crippen molar-refractivity contribution in [2.24, 2.45) is 0 Å². The number of aliphatic hydroxyl groups is 1. The van der Waals surface area contributed by atoms with E-state index in [1.54, 1.807) is 12.1 Å². The zero-order valence-electron chi connectivity index (χ0n) is 9.92. The molecule has 0 saturated heterocycles. The van der Waals surface area contributed by atoms with E-state index in [1.807, 2.05) is 0 Å². The van der Waals surface area contributed by atoms with Gasteiger partial charge in [0, 0.05) is 21.1 Å². The summed E-state index contributed by atoms with van der Waals surface area (Å²) in [5.41, 5.74) is 0.730. The summed E-state index contributed by atoms with van der Waals surface area (Å²) in [5, 5.41) is 10.6. The highest BCUT2D eigenvalue weighted by Crippen LogP contribution is 2.30. The molecule has 0 aliphatic carbocycles. The monoisotopic (exact) mass is 346 g/mol. The first-order valence-electron chi connectivity index (χ1n) is 5.48. The highest BCUT2D eigenvalue weighted by molar-refractivity contribution is 9.10. The van der Waals surface area contributed by atoms with Gasteiger partial charge in [0.25, 0.3) is 0 Å². The summed E-state index contributed by atoms with van der Waals surface area (Å²) >= 11 is 9.13. The summed E-state index contributed by atoms with van der Waals surface area (Å²) in [6.45, 7) is 1.51. The van der Waals surface area contributed by atoms with Crippen LogP contribution in [0.4, 0.5) is 8.78 Å². The summed E-state index contributed by atoms with van der Waals surface area (Å²) in [6, 6.07) is 6.89. The Morgan fingerprint density at radius 3 is 2.42 bits per heavy atom. The SMILES string of the molecule is Cc1cc(C(O)c2cc(Cl)cc(Br)c2)c(F)cc1F. The third-order valence-corrected chi connectivity index (χ3v) is 3.45. The number of aliphatic hydroxyl groups excluding tert-OH is 1. The Bertz CT molecular complexity index is 611. The van der Waals surface area contributed by atoms with Crippen LogP contribution in [0.5, 0.6) is 0 Å². The molecule has 5 heteroatoms. The molecule has 19 heavy (non-hydrogen) atoms. The van der Waals surface area contributed by atoms with Crippen LogP contribution in [0.2, 0.25) is 5.02 Å². The van der Waals surface area contributed by atoms with E-state index in [4.69, 9.17) is 11.6 Å². The molecular weight excluding hydrogens is 338 g/mol. The molecule has 1 N–H and O–H groups in total. The Balaban J connectivity index is 2.49. The Hall–Kier alpha value is -0.970. The maximum absolute atomic E-state index is 13.7. The topological polar surface area (TPSA) is 20.2 Å². The van der Waals surface area contributed by atoms with Crippen LogP contribution in [0.15, 0.2) is 34.8 Å². The molecule has 2 rings (SSSR count). The van der Waals surface area contributed by atoms with Crippen molar-refractivity contribution in [3.63, 3.8) is 0 Å². The molecule has 0 aromatic heterocycles. The van der Waals surface area contributed by atoms with Gasteiger partial charge in [-0.25, -0.2) is 8.78 Å². The highest BCUT2D eigenvalue weighted by atomic mass is 79.9. The molecule has 1 nitrogen and oxygen atoms in total. The van der Waals surface area contributed by atoms with Crippen molar-refractivity contribution >= 4 is 27.5 Å². The van der Waals surface area contributed by atoms with Crippen molar-refractivity contribution in [3.8, 4) is 0 Å². The van der Waals surface area contributed by atoms with Crippen molar-refractivity contribution in [2.75, 3.05) is 0 Å².